The van der Waals surface area contributed by atoms with Gasteiger partial charge in [0, 0.05) is 12.1 Å². The van der Waals surface area contributed by atoms with Gasteiger partial charge in [-0.05, 0) is 37.9 Å². The van der Waals surface area contributed by atoms with Gasteiger partial charge in [-0.15, -0.1) is 0 Å². The van der Waals surface area contributed by atoms with Gasteiger partial charge in [0.05, 0.1) is 12.5 Å². The lowest BCUT2D eigenvalue weighted by atomic mass is 10.0. The SMILES string of the molecule is CN(C)[C@@H](C(=O)NCc1ccoc1)c1cccc(F)c1. The van der Waals surface area contributed by atoms with E-state index >= 15 is 0 Å². The highest BCUT2D eigenvalue weighted by Crippen LogP contribution is 2.19. The second kappa shape index (κ2) is 6.34. The predicted molar refractivity (Wildman–Crippen MR) is 73.4 cm³/mol. The van der Waals surface area contributed by atoms with Crippen molar-refractivity contribution in [2.75, 3.05) is 14.1 Å². The molecule has 0 aliphatic carbocycles. The Kier molecular flexibility index (Phi) is 4.53. The van der Waals surface area contributed by atoms with Crippen LogP contribution in [-0.4, -0.2) is 24.9 Å². The molecule has 0 spiro atoms. The first-order valence-corrected chi connectivity index (χ1v) is 6.28. The number of rotatable bonds is 5. The van der Waals surface area contributed by atoms with E-state index in [1.54, 1.807) is 49.7 Å². The Labute approximate surface area is 117 Å². The van der Waals surface area contributed by atoms with E-state index in [1.807, 2.05) is 0 Å². The van der Waals surface area contributed by atoms with Crippen molar-refractivity contribution < 1.29 is 13.6 Å². The van der Waals surface area contributed by atoms with E-state index in [4.69, 9.17) is 4.42 Å². The zero-order valence-corrected chi connectivity index (χ0v) is 11.5. The summed E-state index contributed by atoms with van der Waals surface area (Å²) < 4.78 is 18.2. The molecule has 1 aromatic carbocycles. The van der Waals surface area contributed by atoms with Crippen LogP contribution in [0.3, 0.4) is 0 Å². The van der Waals surface area contributed by atoms with Gasteiger partial charge >= 0.3 is 0 Å². The quantitative estimate of drug-likeness (QED) is 0.911. The molecule has 0 bridgehead atoms. The Bertz CT molecular complexity index is 567. The molecule has 0 saturated heterocycles. The van der Waals surface area contributed by atoms with Crippen LogP contribution >= 0.6 is 0 Å². The maximum Gasteiger partial charge on any atom is 0.242 e. The Morgan fingerprint density at radius 3 is 2.80 bits per heavy atom. The maximum absolute atomic E-state index is 13.3. The van der Waals surface area contributed by atoms with Gasteiger partial charge in [-0.3, -0.25) is 9.69 Å². The summed E-state index contributed by atoms with van der Waals surface area (Å²) in [5.41, 5.74) is 1.51. The Hall–Kier alpha value is -2.14. The average molecular weight is 276 g/mol. The van der Waals surface area contributed by atoms with Crippen LogP contribution in [-0.2, 0) is 11.3 Å². The summed E-state index contributed by atoms with van der Waals surface area (Å²) in [6.45, 7) is 0.384. The van der Waals surface area contributed by atoms with Crippen LogP contribution < -0.4 is 5.32 Å². The smallest absolute Gasteiger partial charge is 0.242 e. The maximum atomic E-state index is 13.3. The lowest BCUT2D eigenvalue weighted by Crippen LogP contribution is -2.36. The van der Waals surface area contributed by atoms with Crippen molar-refractivity contribution in [1.29, 1.82) is 0 Å². The minimum Gasteiger partial charge on any atom is -0.472 e. The van der Waals surface area contributed by atoms with Crippen molar-refractivity contribution in [3.05, 3.63) is 59.8 Å². The molecule has 5 heteroatoms. The van der Waals surface area contributed by atoms with E-state index in [0.717, 1.165) is 5.56 Å². The van der Waals surface area contributed by atoms with E-state index in [2.05, 4.69) is 5.32 Å². The number of hydrogen-bond donors (Lipinski definition) is 1. The summed E-state index contributed by atoms with van der Waals surface area (Å²) in [5, 5.41) is 2.82. The first kappa shape index (κ1) is 14.3. The van der Waals surface area contributed by atoms with E-state index in [1.165, 1.54) is 12.1 Å². The minimum absolute atomic E-state index is 0.179. The number of likely N-dealkylation sites (N-methyl/N-ethyl adjacent to an activating group) is 1. The zero-order valence-electron chi connectivity index (χ0n) is 11.5. The second-order valence-electron chi connectivity index (χ2n) is 4.77. The molecule has 1 N–H and O–H groups in total. The highest BCUT2D eigenvalue weighted by molar-refractivity contribution is 5.83. The molecule has 1 amide bonds. The molecule has 0 unspecified atom stereocenters. The molecule has 2 aromatic rings. The third-order valence-corrected chi connectivity index (χ3v) is 2.98. The molecule has 0 radical (unpaired) electrons. The lowest BCUT2D eigenvalue weighted by Gasteiger charge is -2.23. The molecule has 1 aromatic heterocycles. The first-order valence-electron chi connectivity index (χ1n) is 6.28. The Morgan fingerprint density at radius 1 is 1.40 bits per heavy atom. The van der Waals surface area contributed by atoms with E-state index in [9.17, 15) is 9.18 Å². The number of nitrogens with one attached hydrogen (secondary N) is 1. The fourth-order valence-electron chi connectivity index (χ4n) is 2.04. The van der Waals surface area contributed by atoms with E-state index in [-0.39, 0.29) is 11.7 Å². The second-order valence-corrected chi connectivity index (χ2v) is 4.77. The molecule has 106 valence electrons. The molecular formula is C15H17FN2O2. The molecule has 4 nitrogen and oxygen atoms in total. The molecule has 0 saturated carbocycles. The van der Waals surface area contributed by atoms with Crippen molar-refractivity contribution in [3.8, 4) is 0 Å². The monoisotopic (exact) mass is 276 g/mol. The van der Waals surface area contributed by atoms with Gasteiger partial charge in [-0.1, -0.05) is 12.1 Å². The molecule has 0 fully saturated rings. The summed E-state index contributed by atoms with van der Waals surface area (Å²) in [6.07, 6.45) is 3.13. The number of amides is 1. The largest absolute Gasteiger partial charge is 0.472 e. The molecular weight excluding hydrogens is 259 g/mol. The van der Waals surface area contributed by atoms with Crippen LogP contribution in [0, 0.1) is 5.82 Å². The molecule has 1 heterocycles. The summed E-state index contributed by atoms with van der Waals surface area (Å²) in [4.78, 5) is 14.0. The Morgan fingerprint density at radius 2 is 2.20 bits per heavy atom. The summed E-state index contributed by atoms with van der Waals surface area (Å²) in [6, 6.07) is 7.34. The fourth-order valence-corrected chi connectivity index (χ4v) is 2.04. The summed E-state index contributed by atoms with van der Waals surface area (Å²) in [7, 11) is 3.57. The average Bonchev–Trinajstić information content (AvgIpc) is 2.89. The van der Waals surface area contributed by atoms with E-state index < -0.39 is 6.04 Å². The van der Waals surface area contributed by atoms with Gasteiger partial charge in [-0.25, -0.2) is 4.39 Å². The van der Waals surface area contributed by atoms with Crippen molar-refractivity contribution in [3.63, 3.8) is 0 Å². The van der Waals surface area contributed by atoms with E-state index in [0.29, 0.717) is 12.1 Å². The van der Waals surface area contributed by atoms with Crippen LogP contribution in [0.2, 0.25) is 0 Å². The van der Waals surface area contributed by atoms with Crippen LogP contribution in [0.5, 0.6) is 0 Å². The van der Waals surface area contributed by atoms with Crippen LogP contribution in [0.4, 0.5) is 4.39 Å². The summed E-state index contributed by atoms with van der Waals surface area (Å²) in [5.74, 6) is -0.529. The Balaban J connectivity index is 2.10. The molecule has 0 aliphatic rings. The third kappa shape index (κ3) is 3.45. The standard InChI is InChI=1S/C15H17FN2O2/c1-18(2)14(12-4-3-5-13(16)8-12)15(19)17-9-11-6-7-20-10-11/h3-8,10,14H,9H2,1-2H3,(H,17,19)/t14-/m1/s1. The zero-order chi connectivity index (χ0) is 14.5. The topological polar surface area (TPSA) is 45.5 Å². The van der Waals surface area contributed by atoms with Crippen molar-refractivity contribution in [2.45, 2.75) is 12.6 Å². The van der Waals surface area contributed by atoms with Crippen LogP contribution in [0.25, 0.3) is 0 Å². The first-order chi connectivity index (χ1) is 9.58. The predicted octanol–water partition coefficient (Wildman–Crippen LogP) is 2.34. The number of carbonyl (C=O) groups is 1. The van der Waals surface area contributed by atoms with Crippen LogP contribution in [0.1, 0.15) is 17.2 Å². The van der Waals surface area contributed by atoms with Crippen molar-refractivity contribution in [1.82, 2.24) is 10.2 Å². The molecule has 0 aliphatic heterocycles. The lowest BCUT2D eigenvalue weighted by molar-refractivity contribution is -0.125. The molecule has 20 heavy (non-hydrogen) atoms. The molecule has 2 rings (SSSR count). The number of hydrogen-bond acceptors (Lipinski definition) is 3. The van der Waals surface area contributed by atoms with Gasteiger partial charge in [0.1, 0.15) is 11.9 Å². The number of carbonyl (C=O) groups excluding carboxylic acids is 1. The van der Waals surface area contributed by atoms with Gasteiger partial charge < -0.3 is 9.73 Å². The number of benzene rings is 1. The van der Waals surface area contributed by atoms with Gasteiger partial charge in [0.15, 0.2) is 0 Å². The number of nitrogens with zero attached hydrogens (tertiary/aromatic N) is 1. The number of furan rings is 1. The van der Waals surface area contributed by atoms with Crippen molar-refractivity contribution >= 4 is 5.91 Å². The van der Waals surface area contributed by atoms with Gasteiger partial charge in [0.2, 0.25) is 5.91 Å². The third-order valence-electron chi connectivity index (χ3n) is 2.98. The van der Waals surface area contributed by atoms with Crippen molar-refractivity contribution in [2.24, 2.45) is 0 Å². The summed E-state index contributed by atoms with van der Waals surface area (Å²) >= 11 is 0. The minimum atomic E-state index is -0.530. The molecule has 1 atom stereocenters. The fraction of sp³-hybridized carbons (Fsp3) is 0.267. The highest BCUT2D eigenvalue weighted by atomic mass is 19.1. The number of halogens is 1. The normalized spacial score (nSPS) is 12.4. The van der Waals surface area contributed by atoms with Gasteiger partial charge in [-0.2, -0.15) is 0 Å². The highest BCUT2D eigenvalue weighted by Gasteiger charge is 2.23. The van der Waals surface area contributed by atoms with Crippen LogP contribution in [0.15, 0.2) is 47.3 Å². The van der Waals surface area contributed by atoms with Gasteiger partial charge in [0.25, 0.3) is 0 Å².